The zero-order valence-electron chi connectivity index (χ0n) is 6.59. The van der Waals surface area contributed by atoms with Gasteiger partial charge in [0.25, 0.3) is 9.76 Å². The van der Waals surface area contributed by atoms with Gasteiger partial charge in [-0.2, -0.15) is 0 Å². The number of carbonyl (C=O) groups is 2. The SMILES string of the molecule is C=COC(=O)C(Cl)(Cl)Cl.CC(=O)O. The van der Waals surface area contributed by atoms with Crippen LogP contribution in [0.25, 0.3) is 0 Å². The lowest BCUT2D eigenvalue weighted by Gasteiger charge is -2.05. The Kier molecular flexibility index (Phi) is 8.10. The average molecular weight is 249 g/mol. The van der Waals surface area contributed by atoms with Gasteiger partial charge in [0.15, 0.2) is 0 Å². The molecule has 0 unspecified atom stereocenters. The summed E-state index contributed by atoms with van der Waals surface area (Å²) in [5, 5.41) is 7.42. The quantitative estimate of drug-likeness (QED) is 0.439. The van der Waals surface area contributed by atoms with E-state index in [0.29, 0.717) is 0 Å². The van der Waals surface area contributed by atoms with E-state index in [2.05, 4.69) is 11.3 Å². The smallest absolute Gasteiger partial charge is 0.363 e. The van der Waals surface area contributed by atoms with Crippen molar-refractivity contribution in [1.82, 2.24) is 0 Å². The predicted octanol–water partition coefficient (Wildman–Crippen LogP) is 2.13. The first kappa shape index (κ1) is 15.0. The van der Waals surface area contributed by atoms with E-state index in [1.807, 2.05) is 0 Å². The monoisotopic (exact) mass is 248 g/mol. The molecule has 0 radical (unpaired) electrons. The van der Waals surface area contributed by atoms with Crippen LogP contribution in [-0.4, -0.2) is 20.8 Å². The summed E-state index contributed by atoms with van der Waals surface area (Å²) in [5.74, 6) is -1.79. The third-order valence-electron chi connectivity index (χ3n) is 0.422. The largest absolute Gasteiger partial charge is 0.481 e. The molecule has 0 saturated heterocycles. The highest BCUT2D eigenvalue weighted by atomic mass is 35.6. The van der Waals surface area contributed by atoms with Gasteiger partial charge in [0.05, 0.1) is 6.26 Å². The van der Waals surface area contributed by atoms with Crippen LogP contribution < -0.4 is 0 Å². The Morgan fingerprint density at radius 1 is 1.46 bits per heavy atom. The van der Waals surface area contributed by atoms with Crippen molar-refractivity contribution in [3.8, 4) is 0 Å². The first-order valence-corrected chi connectivity index (χ1v) is 3.93. The van der Waals surface area contributed by atoms with Gasteiger partial charge in [-0.15, -0.1) is 0 Å². The van der Waals surface area contributed by atoms with Crippen molar-refractivity contribution in [2.24, 2.45) is 0 Å². The van der Waals surface area contributed by atoms with Crippen LogP contribution in [0.4, 0.5) is 0 Å². The summed E-state index contributed by atoms with van der Waals surface area (Å²) in [6.45, 7) is 4.18. The molecule has 0 aromatic rings. The molecule has 4 nitrogen and oxygen atoms in total. The molecular weight excluding hydrogens is 242 g/mol. The van der Waals surface area contributed by atoms with Crippen LogP contribution in [0, 0.1) is 0 Å². The van der Waals surface area contributed by atoms with Crippen molar-refractivity contribution < 1.29 is 19.4 Å². The molecule has 0 fully saturated rings. The lowest BCUT2D eigenvalue weighted by Crippen LogP contribution is -2.19. The second kappa shape index (κ2) is 7.00. The second-order valence-corrected chi connectivity index (χ2v) is 3.87. The van der Waals surface area contributed by atoms with Crippen LogP contribution in [0.2, 0.25) is 0 Å². The van der Waals surface area contributed by atoms with Gasteiger partial charge in [-0.05, 0) is 0 Å². The molecule has 0 aliphatic rings. The van der Waals surface area contributed by atoms with E-state index in [1.165, 1.54) is 0 Å². The van der Waals surface area contributed by atoms with Gasteiger partial charge >= 0.3 is 5.97 Å². The van der Waals surface area contributed by atoms with Crippen LogP contribution in [0.15, 0.2) is 12.8 Å². The Morgan fingerprint density at radius 2 is 1.77 bits per heavy atom. The molecule has 13 heavy (non-hydrogen) atoms. The number of carbonyl (C=O) groups excluding carboxylic acids is 1. The fraction of sp³-hybridized carbons (Fsp3) is 0.333. The molecule has 0 amide bonds. The molecular formula is C6H7Cl3O4. The Morgan fingerprint density at radius 3 is 1.85 bits per heavy atom. The van der Waals surface area contributed by atoms with Gasteiger partial charge in [0.1, 0.15) is 0 Å². The van der Waals surface area contributed by atoms with E-state index < -0.39 is 15.7 Å². The highest BCUT2D eigenvalue weighted by molar-refractivity contribution is 6.75. The lowest BCUT2D eigenvalue weighted by molar-refractivity contribution is -0.137. The highest BCUT2D eigenvalue weighted by Gasteiger charge is 2.31. The third kappa shape index (κ3) is 14.4. The zero-order chi connectivity index (χ0) is 11.1. The summed E-state index contributed by atoms with van der Waals surface area (Å²) in [4.78, 5) is 19.4. The molecule has 0 aliphatic carbocycles. The van der Waals surface area contributed by atoms with Gasteiger partial charge in [-0.1, -0.05) is 41.4 Å². The van der Waals surface area contributed by atoms with E-state index in [-0.39, 0.29) is 0 Å². The van der Waals surface area contributed by atoms with Crippen LogP contribution in [0.5, 0.6) is 0 Å². The minimum atomic E-state index is -2.01. The van der Waals surface area contributed by atoms with Crippen LogP contribution in [-0.2, 0) is 14.3 Å². The maximum atomic E-state index is 10.4. The Labute approximate surface area is 90.0 Å². The summed E-state index contributed by atoms with van der Waals surface area (Å²) >= 11 is 15.2. The fourth-order valence-corrected chi connectivity index (χ4v) is 0.276. The zero-order valence-corrected chi connectivity index (χ0v) is 8.86. The van der Waals surface area contributed by atoms with E-state index >= 15 is 0 Å². The van der Waals surface area contributed by atoms with Crippen LogP contribution >= 0.6 is 34.8 Å². The van der Waals surface area contributed by atoms with E-state index in [9.17, 15) is 4.79 Å². The highest BCUT2D eigenvalue weighted by Crippen LogP contribution is 2.27. The minimum absolute atomic E-state index is 0.833. The predicted molar refractivity (Wildman–Crippen MR) is 49.9 cm³/mol. The van der Waals surface area contributed by atoms with Gasteiger partial charge < -0.3 is 9.84 Å². The van der Waals surface area contributed by atoms with Crippen LogP contribution in [0.3, 0.4) is 0 Å². The number of carboxylic acids is 1. The Balaban J connectivity index is 0. The van der Waals surface area contributed by atoms with Crippen molar-refractivity contribution in [1.29, 1.82) is 0 Å². The number of carboxylic acid groups (broad SMARTS) is 1. The molecule has 76 valence electrons. The molecule has 0 rings (SSSR count). The van der Waals surface area contributed by atoms with E-state index in [1.54, 1.807) is 0 Å². The molecule has 0 spiro atoms. The van der Waals surface area contributed by atoms with Gasteiger partial charge in [-0.25, -0.2) is 4.79 Å². The third-order valence-corrected chi connectivity index (χ3v) is 0.885. The standard InChI is InChI=1S/C4H3Cl3O2.C2H4O2/c1-2-9-3(8)4(5,6)7;1-2(3)4/h2H,1H2;1H3,(H,3,4). The molecule has 0 bridgehead atoms. The average Bonchev–Trinajstić information content (AvgIpc) is 1.84. The number of hydrogen-bond acceptors (Lipinski definition) is 3. The normalized spacial score (nSPS) is 9.23. The van der Waals surface area contributed by atoms with Crippen molar-refractivity contribution in [2.45, 2.75) is 10.7 Å². The molecule has 1 N–H and O–H groups in total. The molecule has 0 aliphatic heterocycles. The number of esters is 1. The summed E-state index contributed by atoms with van der Waals surface area (Å²) < 4.78 is 2.13. The number of ether oxygens (including phenoxy) is 1. The van der Waals surface area contributed by atoms with Crippen molar-refractivity contribution in [2.75, 3.05) is 0 Å². The maximum absolute atomic E-state index is 10.4. The second-order valence-electron chi connectivity index (χ2n) is 1.59. The molecule has 0 atom stereocenters. The number of rotatable bonds is 1. The van der Waals surface area contributed by atoms with E-state index in [0.717, 1.165) is 13.2 Å². The van der Waals surface area contributed by atoms with Crippen molar-refractivity contribution >= 4 is 46.7 Å². The number of alkyl halides is 3. The Hall–Kier alpha value is -0.450. The molecule has 7 heteroatoms. The number of halogens is 3. The molecule has 0 saturated carbocycles. The van der Waals surface area contributed by atoms with Gasteiger partial charge in [-0.3, -0.25) is 4.79 Å². The van der Waals surface area contributed by atoms with Crippen LogP contribution in [0.1, 0.15) is 6.92 Å². The fourth-order valence-electron chi connectivity index (χ4n) is 0.143. The molecule has 0 heterocycles. The summed E-state index contributed by atoms with van der Waals surface area (Å²) in [6.07, 6.45) is 0.893. The molecule has 0 aromatic carbocycles. The summed E-state index contributed by atoms with van der Waals surface area (Å²) in [7, 11) is 0. The maximum Gasteiger partial charge on any atom is 0.363 e. The van der Waals surface area contributed by atoms with Gasteiger partial charge in [0, 0.05) is 6.92 Å². The van der Waals surface area contributed by atoms with E-state index in [4.69, 9.17) is 44.7 Å². The molecule has 0 aromatic heterocycles. The number of hydrogen-bond donors (Lipinski definition) is 1. The number of aliphatic carboxylic acids is 1. The summed E-state index contributed by atoms with van der Waals surface area (Å²) in [6, 6.07) is 0. The lowest BCUT2D eigenvalue weighted by atomic mass is 10.8. The minimum Gasteiger partial charge on any atom is -0.481 e. The van der Waals surface area contributed by atoms with Crippen molar-refractivity contribution in [3.05, 3.63) is 12.8 Å². The first-order chi connectivity index (χ1) is 5.71. The Bertz CT molecular complexity index is 193. The summed E-state index contributed by atoms with van der Waals surface area (Å²) in [5.41, 5.74) is 0. The van der Waals surface area contributed by atoms with Crippen molar-refractivity contribution in [3.63, 3.8) is 0 Å². The first-order valence-electron chi connectivity index (χ1n) is 2.80. The van der Waals surface area contributed by atoms with Gasteiger partial charge in [0.2, 0.25) is 0 Å². The topological polar surface area (TPSA) is 63.6 Å².